The highest BCUT2D eigenvalue weighted by atomic mass is 19.1. The highest BCUT2D eigenvalue weighted by molar-refractivity contribution is 6.09. The number of aromatic nitrogens is 4. The molecular weight excluding hydrogens is 619 g/mol. The van der Waals surface area contributed by atoms with Gasteiger partial charge in [0, 0.05) is 48.7 Å². The second kappa shape index (κ2) is 11.3. The molecular formula is C38H45FN8O2. The fourth-order valence-electron chi connectivity index (χ4n) is 8.97. The van der Waals surface area contributed by atoms with E-state index in [-0.39, 0.29) is 18.0 Å². The summed E-state index contributed by atoms with van der Waals surface area (Å²) in [6.45, 7) is 14.5. The van der Waals surface area contributed by atoms with Crippen molar-refractivity contribution in [3.05, 3.63) is 60.4 Å². The molecule has 49 heavy (non-hydrogen) atoms. The summed E-state index contributed by atoms with van der Waals surface area (Å²) in [6.07, 6.45) is 8.24. The second-order valence-corrected chi connectivity index (χ2v) is 16.0. The summed E-state index contributed by atoms with van der Waals surface area (Å²) in [6, 6.07) is 11.4. The number of imidazole rings is 1. The molecule has 9 rings (SSSR count). The molecule has 0 radical (unpaired) electrons. The lowest BCUT2D eigenvalue weighted by Crippen LogP contribution is -2.64. The molecule has 5 aliphatic rings. The van der Waals surface area contributed by atoms with E-state index in [4.69, 9.17) is 14.7 Å². The number of nitrogens with zero attached hydrogens (tertiary/aromatic N) is 7. The Hall–Kier alpha value is -3.93. The van der Waals surface area contributed by atoms with Gasteiger partial charge >= 0.3 is 0 Å². The third kappa shape index (κ3) is 4.99. The predicted octanol–water partition coefficient (Wildman–Crippen LogP) is 5.91. The Balaban J connectivity index is 1.09. The lowest BCUT2D eigenvalue weighted by Gasteiger charge is -2.56. The van der Waals surface area contributed by atoms with E-state index in [1.807, 2.05) is 12.4 Å². The van der Waals surface area contributed by atoms with Gasteiger partial charge in [-0.05, 0) is 81.8 Å². The Labute approximate surface area is 286 Å². The monoisotopic (exact) mass is 664 g/mol. The molecule has 10 nitrogen and oxygen atoms in total. The van der Waals surface area contributed by atoms with Crippen molar-refractivity contribution < 1.29 is 13.9 Å². The van der Waals surface area contributed by atoms with Crippen LogP contribution in [0.5, 0.6) is 0 Å². The molecule has 0 atom stereocenters. The van der Waals surface area contributed by atoms with E-state index < -0.39 is 11.2 Å². The van der Waals surface area contributed by atoms with Gasteiger partial charge in [0.1, 0.15) is 5.52 Å². The van der Waals surface area contributed by atoms with Crippen LogP contribution in [0, 0.1) is 11.2 Å². The van der Waals surface area contributed by atoms with Gasteiger partial charge < -0.3 is 19.5 Å². The Kier molecular flexibility index (Phi) is 7.17. The Morgan fingerprint density at radius 2 is 1.78 bits per heavy atom. The number of rotatable bonds is 7. The summed E-state index contributed by atoms with van der Waals surface area (Å²) < 4.78 is 22.4. The van der Waals surface area contributed by atoms with Crippen molar-refractivity contribution in [1.29, 1.82) is 0 Å². The maximum atomic E-state index is 14.8. The maximum absolute atomic E-state index is 14.8. The topological polar surface area (TPSA) is 91.7 Å². The molecule has 3 saturated heterocycles. The Morgan fingerprint density at radius 3 is 2.45 bits per heavy atom. The molecule has 4 aliphatic heterocycles. The van der Waals surface area contributed by atoms with Crippen LogP contribution >= 0.6 is 0 Å². The number of hydrogen-bond donors (Lipinski definition) is 1. The van der Waals surface area contributed by atoms with Gasteiger partial charge in [-0.1, -0.05) is 26.0 Å². The summed E-state index contributed by atoms with van der Waals surface area (Å²) in [5, 5.41) is 3.24. The molecule has 3 aromatic heterocycles. The van der Waals surface area contributed by atoms with Crippen molar-refractivity contribution in [2.45, 2.75) is 83.0 Å². The van der Waals surface area contributed by atoms with Crippen molar-refractivity contribution in [2.75, 3.05) is 49.6 Å². The van der Waals surface area contributed by atoms with E-state index in [9.17, 15) is 9.18 Å². The summed E-state index contributed by atoms with van der Waals surface area (Å²) >= 11 is 0. The molecule has 1 amide bonds. The summed E-state index contributed by atoms with van der Waals surface area (Å²) in [7, 11) is 0. The number of nitrogens with one attached hydrogen (secondary N) is 1. The van der Waals surface area contributed by atoms with Gasteiger partial charge in [0.15, 0.2) is 11.6 Å². The molecule has 1 saturated carbocycles. The highest BCUT2D eigenvalue weighted by Crippen LogP contribution is 2.53. The average molecular weight is 665 g/mol. The predicted molar refractivity (Wildman–Crippen MR) is 188 cm³/mol. The minimum atomic E-state index is -0.502. The van der Waals surface area contributed by atoms with Crippen LogP contribution in [0.15, 0.2) is 49.1 Å². The van der Waals surface area contributed by atoms with Crippen LogP contribution in [-0.2, 0) is 14.9 Å². The molecule has 256 valence electrons. The molecule has 7 heterocycles. The van der Waals surface area contributed by atoms with Gasteiger partial charge in [0.25, 0.3) is 0 Å². The molecule has 1 spiro atoms. The van der Waals surface area contributed by atoms with Crippen LogP contribution in [0.3, 0.4) is 0 Å². The number of ether oxygens (including phenoxy) is 1. The van der Waals surface area contributed by atoms with Crippen molar-refractivity contribution in [1.82, 2.24) is 29.3 Å². The van der Waals surface area contributed by atoms with Crippen molar-refractivity contribution in [2.24, 2.45) is 5.41 Å². The van der Waals surface area contributed by atoms with Crippen molar-refractivity contribution >= 4 is 34.1 Å². The molecule has 1 aliphatic carbocycles. The van der Waals surface area contributed by atoms with Gasteiger partial charge in [0.05, 0.1) is 54.1 Å². The van der Waals surface area contributed by atoms with Gasteiger partial charge in [-0.15, -0.1) is 0 Å². The quantitative estimate of drug-likeness (QED) is 0.261. The molecule has 1 aromatic carbocycles. The van der Waals surface area contributed by atoms with Crippen LogP contribution in [0.1, 0.15) is 65.0 Å². The minimum Gasteiger partial charge on any atom is -0.378 e. The number of carbonyl (C=O) groups is 1. The number of benzene rings is 1. The largest absolute Gasteiger partial charge is 0.378 e. The van der Waals surface area contributed by atoms with Crippen LogP contribution in [0.2, 0.25) is 0 Å². The smallest absolute Gasteiger partial charge is 0.238 e. The molecule has 0 bridgehead atoms. The molecule has 11 heteroatoms. The van der Waals surface area contributed by atoms with Gasteiger partial charge in [-0.2, -0.15) is 0 Å². The third-order valence-corrected chi connectivity index (χ3v) is 11.9. The van der Waals surface area contributed by atoms with Crippen LogP contribution in [-0.4, -0.2) is 92.7 Å². The SMILES string of the molecule is CC(C)n1cnc2cc(-c3ccc4c(c3)N(C3CC(N5CC(C)(C)C5)C3)C(=O)C43CCN(C4COC4)CC3)nc(Nc3ccncc3F)c21. The van der Waals surface area contributed by atoms with Gasteiger partial charge in [-0.3, -0.25) is 19.6 Å². The first kappa shape index (κ1) is 31.1. The second-order valence-electron chi connectivity index (χ2n) is 16.0. The van der Waals surface area contributed by atoms with Crippen LogP contribution < -0.4 is 10.2 Å². The molecule has 4 fully saturated rings. The van der Waals surface area contributed by atoms with Crippen molar-refractivity contribution in [3.63, 3.8) is 0 Å². The van der Waals surface area contributed by atoms with Gasteiger partial charge in [-0.25, -0.2) is 14.4 Å². The Morgan fingerprint density at radius 1 is 1.00 bits per heavy atom. The number of fused-ring (bicyclic) bond motifs is 3. The standard InChI is InChI=1S/C38H45FN8O2/c1-23(2)46-22-41-32-16-31(43-35(34(32)46)42-30-7-10-40-17-29(30)39)24-5-6-28-33(13-24)47(26-14-25(15-26)45-20-37(3,4)21-45)36(48)38(28)8-11-44(12-9-38)27-18-49-19-27/h5-7,10,13,16-17,22-23,25-27H,8-9,11-12,14-15,18-21H2,1-4H3,(H,40,42,43). The summed E-state index contributed by atoms with van der Waals surface area (Å²) in [5.74, 6) is 0.346. The number of amides is 1. The first-order chi connectivity index (χ1) is 23.6. The fourth-order valence-corrected chi connectivity index (χ4v) is 8.97. The summed E-state index contributed by atoms with van der Waals surface area (Å²) in [4.78, 5) is 35.8. The lowest BCUT2D eigenvalue weighted by molar-refractivity contribution is -0.128. The number of halogens is 1. The zero-order chi connectivity index (χ0) is 33.7. The highest BCUT2D eigenvalue weighted by Gasteiger charge is 2.56. The van der Waals surface area contributed by atoms with Crippen molar-refractivity contribution in [3.8, 4) is 11.3 Å². The zero-order valence-electron chi connectivity index (χ0n) is 28.8. The number of hydrogen-bond acceptors (Lipinski definition) is 8. The zero-order valence-corrected chi connectivity index (χ0v) is 28.8. The first-order valence-corrected chi connectivity index (χ1v) is 17.9. The van der Waals surface area contributed by atoms with E-state index >= 15 is 0 Å². The van der Waals surface area contributed by atoms with Crippen LogP contribution in [0.25, 0.3) is 22.3 Å². The maximum Gasteiger partial charge on any atom is 0.238 e. The lowest BCUT2D eigenvalue weighted by atomic mass is 9.73. The van der Waals surface area contributed by atoms with E-state index in [2.05, 4.69) is 75.5 Å². The molecule has 1 N–H and O–H groups in total. The molecule has 0 unspecified atom stereocenters. The van der Waals surface area contributed by atoms with Crippen LogP contribution in [0.4, 0.5) is 21.6 Å². The van der Waals surface area contributed by atoms with E-state index in [1.165, 1.54) is 6.20 Å². The van der Waals surface area contributed by atoms with E-state index in [0.717, 1.165) is 98.6 Å². The van der Waals surface area contributed by atoms with E-state index in [0.29, 0.717) is 29.0 Å². The number of piperidine rings is 1. The number of pyridine rings is 2. The fraction of sp³-hybridized carbons (Fsp3) is 0.526. The molecule has 4 aromatic rings. The Bertz CT molecular complexity index is 1930. The normalized spacial score (nSPS) is 25.0. The van der Waals surface area contributed by atoms with E-state index in [1.54, 1.807) is 12.3 Å². The number of carbonyl (C=O) groups excluding carboxylic acids is 1. The minimum absolute atomic E-state index is 0.133. The van der Waals surface area contributed by atoms with Gasteiger partial charge in [0.2, 0.25) is 5.91 Å². The number of anilines is 3. The third-order valence-electron chi connectivity index (χ3n) is 11.9. The summed E-state index contributed by atoms with van der Waals surface area (Å²) in [5.41, 5.74) is 5.59. The first-order valence-electron chi connectivity index (χ1n) is 17.9. The average Bonchev–Trinajstić information content (AvgIpc) is 3.55. The number of likely N-dealkylation sites (tertiary alicyclic amines) is 2.